The second-order valence-corrected chi connectivity index (χ2v) is 10.9. The van der Waals surface area contributed by atoms with Gasteiger partial charge in [0.2, 0.25) is 0 Å². The number of cyclic esters (lactones) is 1. The van der Waals surface area contributed by atoms with Gasteiger partial charge in [0.25, 0.3) is 0 Å². The maximum absolute atomic E-state index is 12.7. The molecular weight excluding hydrogens is 504 g/mol. The number of esters is 1. The van der Waals surface area contributed by atoms with Crippen molar-refractivity contribution in [3.8, 4) is 0 Å². The van der Waals surface area contributed by atoms with E-state index in [1.165, 1.54) is 16.3 Å². The van der Waals surface area contributed by atoms with Gasteiger partial charge in [-0.15, -0.1) is 0 Å². The molecule has 3 nitrogen and oxygen atoms in total. The third-order valence-corrected chi connectivity index (χ3v) is 8.35. The van der Waals surface area contributed by atoms with Crippen LogP contribution >= 0.6 is 0 Å². The molecule has 0 aliphatic carbocycles. The molecule has 5 aromatic carbocycles. The van der Waals surface area contributed by atoms with E-state index in [0.717, 1.165) is 48.8 Å². The molecule has 1 aliphatic rings. The van der Waals surface area contributed by atoms with Crippen molar-refractivity contribution in [3.63, 3.8) is 0 Å². The van der Waals surface area contributed by atoms with Crippen molar-refractivity contribution in [2.75, 3.05) is 6.61 Å². The molecule has 1 fully saturated rings. The lowest BCUT2D eigenvalue weighted by Gasteiger charge is -2.40. The Morgan fingerprint density at radius 1 is 0.610 bits per heavy atom. The summed E-state index contributed by atoms with van der Waals surface area (Å²) in [4.78, 5) is 12.7. The van der Waals surface area contributed by atoms with Crippen molar-refractivity contribution in [1.29, 1.82) is 0 Å². The summed E-state index contributed by atoms with van der Waals surface area (Å²) in [5.74, 6) is -0.419. The van der Waals surface area contributed by atoms with Gasteiger partial charge in [-0.1, -0.05) is 140 Å². The molecule has 0 bridgehead atoms. The largest absolute Gasteiger partial charge is 0.461 e. The van der Waals surface area contributed by atoms with Crippen LogP contribution in [0.3, 0.4) is 0 Å². The van der Waals surface area contributed by atoms with Crippen LogP contribution in [0.2, 0.25) is 0 Å². The Hall–Kier alpha value is -4.21. The van der Waals surface area contributed by atoms with Crippen LogP contribution in [0.1, 0.15) is 47.9 Å². The highest BCUT2D eigenvalue weighted by atomic mass is 16.6. The first-order chi connectivity index (χ1) is 20.3. The fraction of sp³-hybridized carbons (Fsp3) is 0.237. The third-order valence-electron chi connectivity index (χ3n) is 8.35. The molecule has 206 valence electrons. The van der Waals surface area contributed by atoms with E-state index in [9.17, 15) is 4.79 Å². The number of rotatable bonds is 12. The molecule has 1 heterocycles. The van der Waals surface area contributed by atoms with Gasteiger partial charge < -0.3 is 9.47 Å². The van der Waals surface area contributed by atoms with Gasteiger partial charge in [0.1, 0.15) is 17.6 Å². The Kier molecular flexibility index (Phi) is 8.25. The highest BCUT2D eigenvalue weighted by Gasteiger charge is 2.45. The quantitative estimate of drug-likeness (QED) is 0.0904. The van der Waals surface area contributed by atoms with Gasteiger partial charge >= 0.3 is 5.97 Å². The summed E-state index contributed by atoms with van der Waals surface area (Å²) in [6.07, 6.45) is 5.08. The van der Waals surface area contributed by atoms with E-state index < -0.39 is 5.60 Å². The summed E-state index contributed by atoms with van der Waals surface area (Å²) in [6.45, 7) is 0.304. The molecule has 0 amide bonds. The molecule has 0 N–H and O–H groups in total. The minimum absolute atomic E-state index is 0.0972. The average molecular weight is 541 g/mol. The molecule has 0 spiro atoms. The molecule has 1 saturated heterocycles. The first-order valence-corrected chi connectivity index (χ1v) is 14.7. The molecule has 0 radical (unpaired) electrons. The minimum atomic E-state index is -0.831. The zero-order chi connectivity index (χ0) is 27.9. The van der Waals surface area contributed by atoms with Crippen LogP contribution in [0.15, 0.2) is 133 Å². The molecule has 1 aliphatic heterocycles. The van der Waals surface area contributed by atoms with Crippen LogP contribution in [-0.4, -0.2) is 18.7 Å². The highest BCUT2D eigenvalue weighted by Crippen LogP contribution is 2.42. The normalized spacial score (nSPS) is 16.7. The number of fused-ring (bicyclic) bond motifs is 1. The summed E-state index contributed by atoms with van der Waals surface area (Å²) in [5, 5.41) is 2.64. The number of hydrogen-bond donors (Lipinski definition) is 0. The van der Waals surface area contributed by atoms with E-state index >= 15 is 0 Å². The molecule has 3 heteroatoms. The number of benzene rings is 5. The molecule has 0 aromatic heterocycles. The summed E-state index contributed by atoms with van der Waals surface area (Å²) in [5.41, 5.74) is 3.69. The first-order valence-electron chi connectivity index (χ1n) is 14.7. The fourth-order valence-electron chi connectivity index (χ4n) is 6.17. The van der Waals surface area contributed by atoms with Crippen molar-refractivity contribution in [3.05, 3.63) is 156 Å². The molecule has 2 atom stereocenters. The van der Waals surface area contributed by atoms with Gasteiger partial charge in [0.15, 0.2) is 0 Å². The monoisotopic (exact) mass is 540 g/mol. The van der Waals surface area contributed by atoms with Crippen molar-refractivity contribution in [2.45, 2.75) is 43.8 Å². The van der Waals surface area contributed by atoms with Crippen LogP contribution in [0, 0.1) is 5.92 Å². The van der Waals surface area contributed by atoms with Crippen LogP contribution in [-0.2, 0) is 26.3 Å². The van der Waals surface area contributed by atoms with E-state index in [0.29, 0.717) is 6.61 Å². The number of carbonyl (C=O) groups excluding carboxylic acids is 1. The van der Waals surface area contributed by atoms with Gasteiger partial charge in [-0.3, -0.25) is 4.79 Å². The number of aryl methyl sites for hydroxylation is 1. The summed E-state index contributed by atoms with van der Waals surface area (Å²) in [6, 6.07) is 46.1. The standard InChI is InChI=1S/C38H36O3/c39-37-35(36(41-37)27-12-1-5-16-29-18-15-19-30-17-13-14-26-34(29)30)28-40-38(31-20-6-2-7-21-31,32-22-8-3-9-23-32)33-24-10-4-11-25-33/h2-4,6-11,13-15,17-26,35-36H,1,5,12,16,27-28H2/t35-,36-/m0/s1. The molecule has 6 rings (SSSR count). The lowest BCUT2D eigenvalue weighted by Crippen LogP contribution is -2.49. The van der Waals surface area contributed by atoms with Crippen molar-refractivity contribution < 1.29 is 14.3 Å². The molecule has 0 saturated carbocycles. The highest BCUT2D eigenvalue weighted by molar-refractivity contribution is 5.85. The Morgan fingerprint density at radius 3 is 1.78 bits per heavy atom. The number of ether oxygens (including phenoxy) is 2. The second-order valence-electron chi connectivity index (χ2n) is 10.9. The van der Waals surface area contributed by atoms with Crippen molar-refractivity contribution >= 4 is 16.7 Å². The van der Waals surface area contributed by atoms with E-state index in [1.54, 1.807) is 0 Å². The summed E-state index contributed by atoms with van der Waals surface area (Å²) in [7, 11) is 0. The van der Waals surface area contributed by atoms with Gasteiger partial charge in [0.05, 0.1) is 6.61 Å². The van der Waals surface area contributed by atoms with Crippen LogP contribution in [0.4, 0.5) is 0 Å². The molecular formula is C38H36O3. The SMILES string of the molecule is O=C1O[C@@H](CCCCCc2cccc3ccccc23)[C@@H]1COC(c1ccccc1)(c1ccccc1)c1ccccc1. The summed E-state index contributed by atoms with van der Waals surface area (Å²) < 4.78 is 12.6. The van der Waals surface area contributed by atoms with Gasteiger partial charge in [0, 0.05) is 0 Å². The zero-order valence-corrected chi connectivity index (χ0v) is 23.3. The number of unbranched alkanes of at least 4 members (excludes halogenated alkanes) is 2. The Labute approximate surface area is 242 Å². The summed E-state index contributed by atoms with van der Waals surface area (Å²) >= 11 is 0. The third kappa shape index (κ3) is 5.68. The lowest BCUT2D eigenvalue weighted by molar-refractivity contribution is -0.194. The first kappa shape index (κ1) is 27.0. The Bertz CT molecular complexity index is 1460. The lowest BCUT2D eigenvalue weighted by atomic mass is 9.79. The average Bonchev–Trinajstić information content (AvgIpc) is 3.04. The molecule has 41 heavy (non-hydrogen) atoms. The van der Waals surface area contributed by atoms with Gasteiger partial charge in [-0.05, 0) is 58.7 Å². The van der Waals surface area contributed by atoms with Crippen molar-refractivity contribution in [2.24, 2.45) is 5.92 Å². The Balaban J connectivity index is 1.13. The fourth-order valence-corrected chi connectivity index (χ4v) is 6.17. The molecule has 0 unspecified atom stereocenters. The smallest absolute Gasteiger partial charge is 0.315 e. The van der Waals surface area contributed by atoms with Crippen LogP contribution in [0.25, 0.3) is 10.8 Å². The van der Waals surface area contributed by atoms with E-state index in [1.807, 2.05) is 54.6 Å². The maximum atomic E-state index is 12.7. The topological polar surface area (TPSA) is 35.5 Å². The zero-order valence-electron chi connectivity index (χ0n) is 23.3. The predicted octanol–water partition coefficient (Wildman–Crippen LogP) is 8.49. The minimum Gasteiger partial charge on any atom is -0.461 e. The maximum Gasteiger partial charge on any atom is 0.315 e. The van der Waals surface area contributed by atoms with E-state index in [-0.39, 0.29) is 18.0 Å². The van der Waals surface area contributed by atoms with Crippen LogP contribution in [0.5, 0.6) is 0 Å². The Morgan fingerprint density at radius 2 is 1.17 bits per heavy atom. The van der Waals surface area contributed by atoms with Crippen LogP contribution < -0.4 is 0 Å². The van der Waals surface area contributed by atoms with E-state index in [2.05, 4.69) is 78.9 Å². The number of hydrogen-bond acceptors (Lipinski definition) is 3. The van der Waals surface area contributed by atoms with Gasteiger partial charge in [-0.2, -0.15) is 0 Å². The van der Waals surface area contributed by atoms with E-state index in [4.69, 9.17) is 9.47 Å². The number of carbonyl (C=O) groups is 1. The second kappa shape index (κ2) is 12.5. The predicted molar refractivity (Wildman–Crippen MR) is 165 cm³/mol. The van der Waals surface area contributed by atoms with Crippen molar-refractivity contribution in [1.82, 2.24) is 0 Å². The molecule has 5 aromatic rings. The van der Waals surface area contributed by atoms with Gasteiger partial charge in [-0.25, -0.2) is 0 Å².